The number of aromatic hydroxyl groups is 1. The first-order valence-electron chi connectivity index (χ1n) is 19.7. The second kappa shape index (κ2) is 15.2. The lowest BCUT2D eigenvalue weighted by Crippen LogP contribution is -2.49. The van der Waals surface area contributed by atoms with Crippen molar-refractivity contribution in [3.05, 3.63) is 115 Å². The third-order valence-corrected chi connectivity index (χ3v) is 10.8. The van der Waals surface area contributed by atoms with Gasteiger partial charge < -0.3 is 19.7 Å². The summed E-state index contributed by atoms with van der Waals surface area (Å²) in [4.78, 5) is 0. The second-order valence-corrected chi connectivity index (χ2v) is 19.9. The first kappa shape index (κ1) is 42.2. The van der Waals surface area contributed by atoms with E-state index in [1.807, 2.05) is 0 Å². The van der Waals surface area contributed by atoms with Crippen LogP contribution in [-0.2, 0) is 47.3 Å². The van der Waals surface area contributed by atoms with Gasteiger partial charge in [0.2, 0.25) is 0 Å². The van der Waals surface area contributed by atoms with Crippen LogP contribution in [0.2, 0.25) is 0 Å². The highest BCUT2D eigenvalue weighted by Gasteiger charge is 2.28. The zero-order chi connectivity index (χ0) is 41.7. The average Bonchev–Trinajstić information content (AvgIpc) is 3.04. The summed E-state index contributed by atoms with van der Waals surface area (Å²) in [7, 11) is 0. The molecule has 0 fully saturated rings. The first-order chi connectivity index (χ1) is 25.7. The number of phenolic OH excluding ortho intramolecular Hbond substituents is 1. The van der Waals surface area contributed by atoms with Crippen molar-refractivity contribution in [2.75, 3.05) is 13.2 Å². The number of phenols is 1. The third kappa shape index (κ3) is 9.51. The fraction of sp³-hybridized carbons (Fsp3) is 0.458. The Bertz CT molecular complexity index is 1920. The highest BCUT2D eigenvalue weighted by atomic mass is 16.5. The Morgan fingerprint density at radius 2 is 0.732 bits per heavy atom. The highest BCUT2D eigenvalue weighted by molar-refractivity contribution is 5.76. The van der Waals surface area contributed by atoms with Crippen LogP contribution in [0.5, 0.6) is 23.0 Å². The van der Waals surface area contributed by atoms with E-state index in [1.165, 1.54) is 0 Å². The van der Waals surface area contributed by atoms with Crippen molar-refractivity contribution in [3.8, 4) is 23.0 Å². The molecule has 0 heterocycles. The maximum atomic E-state index is 14.9. The fourth-order valence-corrected chi connectivity index (χ4v) is 7.32. The number of hydrogen-bond acceptors (Lipinski definition) is 4. The number of rotatable bonds is 6. The van der Waals surface area contributed by atoms with Crippen molar-refractivity contribution in [3.63, 3.8) is 0 Å². The van der Waals surface area contributed by atoms with Gasteiger partial charge in [-0.1, -0.05) is 143 Å². The summed E-state index contributed by atoms with van der Waals surface area (Å²) in [5.41, 5.74) is 21.7. The molecule has 56 heavy (non-hydrogen) atoms. The molecule has 5 rings (SSSR count). The molecular formula is C48H65N4O4+. The van der Waals surface area contributed by atoms with E-state index in [0.717, 1.165) is 55.6 Å². The third-order valence-electron chi connectivity index (χ3n) is 10.8. The van der Waals surface area contributed by atoms with Gasteiger partial charge in [-0.2, -0.15) is 0 Å². The lowest BCUT2D eigenvalue weighted by atomic mass is 9.79. The van der Waals surface area contributed by atoms with Crippen LogP contribution in [0, 0.1) is 0 Å². The van der Waals surface area contributed by atoms with E-state index >= 15 is 0 Å². The number of fused-ring (bicyclic) bond motifs is 8. The Morgan fingerprint density at radius 1 is 0.500 bits per heavy atom. The molecule has 0 atom stereocenters. The average molecular weight is 762 g/mol. The predicted octanol–water partition coefficient (Wildman–Crippen LogP) is 5.32. The number of benzene rings is 4. The fourth-order valence-electron chi connectivity index (χ4n) is 7.32. The number of nitrogens with two attached hydrogens (primary N) is 4. The molecule has 0 spiro atoms. The Kier molecular flexibility index (Phi) is 11.4. The van der Waals surface area contributed by atoms with Crippen LogP contribution < -0.4 is 36.9 Å². The van der Waals surface area contributed by atoms with E-state index in [0.29, 0.717) is 48.3 Å². The molecule has 300 valence electrons. The van der Waals surface area contributed by atoms with E-state index in [4.69, 9.17) is 31.8 Å². The molecule has 1 aliphatic carbocycles. The minimum absolute atomic E-state index is 0.00388. The van der Waals surface area contributed by atoms with Gasteiger partial charge >= 0.3 is 0 Å². The van der Waals surface area contributed by atoms with Crippen LogP contribution >= 0.6 is 0 Å². The molecule has 9 N–H and O–H groups in total. The lowest BCUT2D eigenvalue weighted by molar-refractivity contribution is -0.270. The van der Waals surface area contributed by atoms with Crippen molar-refractivity contribution >= 4 is 11.7 Å². The van der Waals surface area contributed by atoms with Crippen LogP contribution in [0.1, 0.15) is 150 Å². The Morgan fingerprint density at radius 3 is 0.982 bits per heavy atom. The normalized spacial score (nSPS) is 13.6. The molecule has 8 bridgehead atoms. The van der Waals surface area contributed by atoms with Gasteiger partial charge in [0.05, 0.1) is 0 Å². The van der Waals surface area contributed by atoms with Gasteiger partial charge in [-0.15, -0.1) is 5.75 Å². The minimum Gasteiger partial charge on any atom is -0.872 e. The molecule has 1 aliphatic rings. The van der Waals surface area contributed by atoms with Gasteiger partial charge in [0, 0.05) is 25.7 Å². The summed E-state index contributed by atoms with van der Waals surface area (Å²) in [5, 5.41) is 39.2. The number of ether oxygens (including phenoxy) is 2. The predicted molar refractivity (Wildman–Crippen MR) is 226 cm³/mol. The molecule has 8 heteroatoms. The Labute approximate surface area is 334 Å². The molecule has 4 aromatic rings. The van der Waals surface area contributed by atoms with E-state index in [9.17, 15) is 10.2 Å². The highest BCUT2D eigenvalue weighted by Crippen LogP contribution is 2.43. The molecule has 4 aromatic carbocycles. The van der Waals surface area contributed by atoms with Crippen LogP contribution in [0.25, 0.3) is 0 Å². The molecule has 0 amide bonds. The van der Waals surface area contributed by atoms with Crippen LogP contribution in [-0.4, -0.2) is 30.0 Å². The summed E-state index contributed by atoms with van der Waals surface area (Å²) >= 11 is 0. The monoisotopic (exact) mass is 762 g/mol. The van der Waals surface area contributed by atoms with Gasteiger partial charge in [-0.25, -0.2) is 0 Å². The standard InChI is InChI=1S/C48H64N4O4/c1-45(2,3)35-17-27-13-31-21-37(47(7,8)9)23-33(43(31)55-25-39(49)50)15-29-19-36(46(4,5)6)20-30(42(29)54)16-34-24-38(48(10,11)12)22-32(14-28(18-35)41(27)53)44(34)56-26-40(51)52/h17-24,53-54H,13-16,25-26H2,1-12H3,(H3,49,50)(H3,51,52)/p+1. The second-order valence-electron chi connectivity index (χ2n) is 19.9. The van der Waals surface area contributed by atoms with Gasteiger partial charge in [-0.3, -0.25) is 22.3 Å². The Hall–Kier alpha value is -4.98. The molecule has 8 nitrogen and oxygen atoms in total. The molecule has 0 unspecified atom stereocenters. The number of amidine groups is 2. The van der Waals surface area contributed by atoms with Crippen molar-refractivity contribution in [2.24, 2.45) is 11.5 Å². The summed E-state index contributed by atoms with van der Waals surface area (Å²) in [6.07, 6.45) is 1.38. The molecule has 0 saturated carbocycles. The summed E-state index contributed by atoms with van der Waals surface area (Å²) in [6, 6.07) is 16.9. The largest absolute Gasteiger partial charge is 0.872 e. The maximum Gasteiger partial charge on any atom is 0.276 e. The van der Waals surface area contributed by atoms with E-state index in [1.54, 1.807) is 0 Å². The molecule has 0 radical (unpaired) electrons. The van der Waals surface area contributed by atoms with Crippen molar-refractivity contribution in [1.29, 1.82) is 0 Å². The van der Waals surface area contributed by atoms with Gasteiger partial charge in [-0.05, 0) is 77.3 Å². The minimum atomic E-state index is -0.246. The quantitative estimate of drug-likeness (QED) is 0.116. The first-order valence-corrected chi connectivity index (χ1v) is 19.7. The van der Waals surface area contributed by atoms with E-state index in [-0.39, 0.29) is 58.0 Å². The smallest absolute Gasteiger partial charge is 0.276 e. The molecular weight excluding hydrogens is 697 g/mol. The van der Waals surface area contributed by atoms with Crippen LogP contribution in [0.4, 0.5) is 0 Å². The zero-order valence-electron chi connectivity index (χ0n) is 35.8. The SMILES string of the molecule is CC(C)(C)c1cc2c([O-])c(c1)Cc1cc(C(C)(C)C)cc(c1OCC(N)=[NH2+])Cc1cc(C(C)(C)C)cc(c1O)Cc1cc(C(C)(C)C)cc(c1OCC(N)=[NH2+])C2. The van der Waals surface area contributed by atoms with E-state index < -0.39 is 0 Å². The van der Waals surface area contributed by atoms with Crippen molar-refractivity contribution in [1.82, 2.24) is 0 Å². The Balaban J connectivity index is 1.96. The van der Waals surface area contributed by atoms with E-state index in [2.05, 4.69) is 132 Å². The maximum absolute atomic E-state index is 14.9. The van der Waals surface area contributed by atoms with Gasteiger partial charge in [0.25, 0.3) is 11.7 Å². The topological polar surface area (TPSA) is 165 Å². The van der Waals surface area contributed by atoms with Gasteiger partial charge in [0.1, 0.15) is 17.2 Å². The number of hydrogen-bond donors (Lipinski definition) is 5. The van der Waals surface area contributed by atoms with Crippen LogP contribution in [0.3, 0.4) is 0 Å². The van der Waals surface area contributed by atoms with Crippen LogP contribution in [0.15, 0.2) is 48.5 Å². The molecule has 0 saturated heterocycles. The lowest BCUT2D eigenvalue weighted by Gasteiger charge is -2.30. The summed E-state index contributed by atoms with van der Waals surface area (Å²) in [6.45, 7) is 26.1. The summed E-state index contributed by atoms with van der Waals surface area (Å²) in [5.74, 6) is 1.72. The van der Waals surface area contributed by atoms with Crippen molar-refractivity contribution in [2.45, 2.75) is 130 Å². The zero-order valence-corrected chi connectivity index (χ0v) is 35.8. The van der Waals surface area contributed by atoms with Gasteiger partial charge in [0.15, 0.2) is 13.2 Å². The summed E-state index contributed by atoms with van der Waals surface area (Å²) < 4.78 is 13.0. The molecule has 0 aliphatic heterocycles. The van der Waals surface area contributed by atoms with Crippen molar-refractivity contribution < 1.29 is 30.5 Å². The molecule has 0 aromatic heterocycles.